The third-order valence-electron chi connectivity index (χ3n) is 4.38. The molecule has 0 saturated carbocycles. The van der Waals surface area contributed by atoms with E-state index in [4.69, 9.17) is 0 Å². The van der Waals surface area contributed by atoms with Crippen molar-refractivity contribution in [2.75, 3.05) is 0 Å². The molecule has 1 heteroatoms. The molecule has 0 atom stereocenters. The number of rotatable bonds is 6. The van der Waals surface area contributed by atoms with E-state index >= 15 is 0 Å². The van der Waals surface area contributed by atoms with Crippen molar-refractivity contribution in [1.29, 1.82) is 0 Å². The molecule has 0 bridgehead atoms. The number of aromatic hydroxyl groups is 1. The van der Waals surface area contributed by atoms with Gasteiger partial charge in [-0.2, -0.15) is 0 Å². The second kappa shape index (κ2) is 7.49. The number of unbranched alkanes of at least 4 members (excludes halogenated alkanes) is 2. The molecule has 2 rings (SSSR count). The summed E-state index contributed by atoms with van der Waals surface area (Å²) in [4.78, 5) is 0. The van der Waals surface area contributed by atoms with Gasteiger partial charge in [0.15, 0.2) is 0 Å². The fourth-order valence-electron chi connectivity index (χ4n) is 2.92. The third-order valence-corrected chi connectivity index (χ3v) is 4.38. The number of benzene rings is 2. The molecule has 0 fully saturated rings. The summed E-state index contributed by atoms with van der Waals surface area (Å²) in [6.45, 7) is 8.75. The maximum Gasteiger partial charge on any atom is 0.126 e. The minimum Gasteiger partial charge on any atom is -0.507 e. The number of phenolic OH excluding ortho intramolecular Hbond substituents is 1. The third kappa shape index (κ3) is 3.71. The molecule has 0 saturated heterocycles. The van der Waals surface area contributed by atoms with E-state index in [2.05, 4.69) is 52.0 Å². The Morgan fingerprint density at radius 2 is 1.77 bits per heavy atom. The van der Waals surface area contributed by atoms with Gasteiger partial charge < -0.3 is 5.11 Å². The van der Waals surface area contributed by atoms with Crippen LogP contribution in [0.4, 0.5) is 0 Å². The molecule has 0 aliphatic rings. The van der Waals surface area contributed by atoms with Crippen LogP contribution in [0.25, 0.3) is 11.1 Å². The van der Waals surface area contributed by atoms with Crippen LogP contribution in [0.5, 0.6) is 5.75 Å². The van der Waals surface area contributed by atoms with Gasteiger partial charge in [0.2, 0.25) is 0 Å². The zero-order valence-corrected chi connectivity index (χ0v) is 14.3. The van der Waals surface area contributed by atoms with Crippen LogP contribution in [0, 0.1) is 6.92 Å². The lowest BCUT2D eigenvalue weighted by atomic mass is 9.92. The summed E-state index contributed by atoms with van der Waals surface area (Å²) in [5, 5.41) is 10.6. The SMILES string of the molecule is CCCCCc1cccc(-c2ccc(C(C)C)cc2C)c1O. The van der Waals surface area contributed by atoms with Gasteiger partial charge in [0.1, 0.15) is 5.75 Å². The monoisotopic (exact) mass is 296 g/mol. The Morgan fingerprint density at radius 3 is 2.41 bits per heavy atom. The lowest BCUT2D eigenvalue weighted by molar-refractivity contribution is 0.468. The fourth-order valence-corrected chi connectivity index (χ4v) is 2.92. The standard InChI is InChI=1S/C21H28O/c1-5-6-7-9-17-10-8-11-20(21(17)22)19-13-12-18(15(2)3)14-16(19)4/h8,10-15,22H,5-7,9H2,1-4H3. The second-order valence-corrected chi connectivity index (χ2v) is 6.50. The normalized spacial score (nSPS) is 11.1. The first-order valence-electron chi connectivity index (χ1n) is 8.46. The highest BCUT2D eigenvalue weighted by Crippen LogP contribution is 2.35. The van der Waals surface area contributed by atoms with Gasteiger partial charge in [0, 0.05) is 5.56 Å². The Kier molecular flexibility index (Phi) is 5.65. The molecular formula is C21H28O. The Bertz CT molecular complexity index is 626. The van der Waals surface area contributed by atoms with E-state index < -0.39 is 0 Å². The molecule has 0 heterocycles. The molecule has 0 aliphatic carbocycles. The molecule has 0 unspecified atom stereocenters. The van der Waals surface area contributed by atoms with E-state index in [1.807, 2.05) is 12.1 Å². The van der Waals surface area contributed by atoms with Crippen LogP contribution in [0.3, 0.4) is 0 Å². The van der Waals surface area contributed by atoms with Crippen LogP contribution in [-0.2, 0) is 6.42 Å². The Balaban J connectivity index is 2.34. The summed E-state index contributed by atoms with van der Waals surface area (Å²) in [7, 11) is 0. The average molecular weight is 296 g/mol. The van der Waals surface area contributed by atoms with Crippen LogP contribution in [0.15, 0.2) is 36.4 Å². The summed E-state index contributed by atoms with van der Waals surface area (Å²) < 4.78 is 0. The van der Waals surface area contributed by atoms with E-state index in [0.717, 1.165) is 29.5 Å². The van der Waals surface area contributed by atoms with Crippen LogP contribution in [-0.4, -0.2) is 5.11 Å². The molecule has 22 heavy (non-hydrogen) atoms. The number of para-hydroxylation sites is 1. The van der Waals surface area contributed by atoms with Crippen molar-refractivity contribution in [2.45, 2.75) is 59.3 Å². The van der Waals surface area contributed by atoms with E-state index in [1.54, 1.807) is 0 Å². The van der Waals surface area contributed by atoms with Gasteiger partial charge in [-0.25, -0.2) is 0 Å². The van der Waals surface area contributed by atoms with E-state index in [0.29, 0.717) is 11.7 Å². The van der Waals surface area contributed by atoms with Crippen LogP contribution in [0.2, 0.25) is 0 Å². The quantitative estimate of drug-likeness (QED) is 0.627. The molecule has 2 aromatic carbocycles. The zero-order valence-electron chi connectivity index (χ0n) is 14.3. The van der Waals surface area contributed by atoms with Crippen molar-refractivity contribution in [1.82, 2.24) is 0 Å². The summed E-state index contributed by atoms with van der Waals surface area (Å²) in [5.74, 6) is 0.987. The maximum atomic E-state index is 10.6. The van der Waals surface area contributed by atoms with Gasteiger partial charge >= 0.3 is 0 Å². The van der Waals surface area contributed by atoms with Crippen LogP contribution >= 0.6 is 0 Å². The molecule has 1 N–H and O–H groups in total. The topological polar surface area (TPSA) is 20.2 Å². The van der Waals surface area contributed by atoms with Crippen LogP contribution < -0.4 is 0 Å². The Hall–Kier alpha value is -1.76. The van der Waals surface area contributed by atoms with Crippen molar-refractivity contribution < 1.29 is 5.11 Å². The molecule has 0 radical (unpaired) electrons. The zero-order chi connectivity index (χ0) is 16.1. The van der Waals surface area contributed by atoms with Crippen molar-refractivity contribution >= 4 is 0 Å². The largest absolute Gasteiger partial charge is 0.507 e. The van der Waals surface area contributed by atoms with E-state index in [-0.39, 0.29) is 0 Å². The van der Waals surface area contributed by atoms with E-state index in [1.165, 1.54) is 24.0 Å². The molecule has 0 aliphatic heterocycles. The number of aryl methyl sites for hydroxylation is 2. The van der Waals surface area contributed by atoms with Gasteiger partial charge in [-0.1, -0.05) is 70.0 Å². The lowest BCUT2D eigenvalue weighted by Crippen LogP contribution is -1.93. The minimum atomic E-state index is 0.457. The fraction of sp³-hybridized carbons (Fsp3) is 0.429. The van der Waals surface area contributed by atoms with Gasteiger partial charge in [-0.15, -0.1) is 0 Å². The van der Waals surface area contributed by atoms with Crippen molar-refractivity contribution in [2.24, 2.45) is 0 Å². The lowest BCUT2D eigenvalue weighted by Gasteiger charge is -2.14. The first-order chi connectivity index (χ1) is 10.5. The minimum absolute atomic E-state index is 0.457. The van der Waals surface area contributed by atoms with Gasteiger partial charge in [0.05, 0.1) is 0 Å². The highest BCUT2D eigenvalue weighted by Gasteiger charge is 2.12. The number of phenols is 1. The summed E-state index contributed by atoms with van der Waals surface area (Å²) in [5.41, 5.74) is 5.74. The molecule has 0 amide bonds. The maximum absolute atomic E-state index is 10.6. The Morgan fingerprint density at radius 1 is 1.00 bits per heavy atom. The predicted octanol–water partition coefficient (Wildman–Crippen LogP) is 6.22. The summed E-state index contributed by atoms with van der Waals surface area (Å²) >= 11 is 0. The highest BCUT2D eigenvalue weighted by molar-refractivity contribution is 5.74. The molecule has 0 aromatic heterocycles. The molecule has 118 valence electrons. The smallest absolute Gasteiger partial charge is 0.126 e. The first kappa shape index (κ1) is 16.6. The number of hydrogen-bond donors (Lipinski definition) is 1. The predicted molar refractivity (Wildman–Crippen MR) is 95.6 cm³/mol. The number of hydrogen-bond acceptors (Lipinski definition) is 1. The summed E-state index contributed by atoms with van der Waals surface area (Å²) in [6, 6.07) is 12.7. The van der Waals surface area contributed by atoms with Gasteiger partial charge in [0.25, 0.3) is 0 Å². The Labute approximate surface area is 135 Å². The summed E-state index contributed by atoms with van der Waals surface area (Å²) in [6.07, 6.45) is 4.51. The molecule has 1 nitrogen and oxygen atoms in total. The van der Waals surface area contributed by atoms with Gasteiger partial charge in [-0.3, -0.25) is 0 Å². The molecule has 2 aromatic rings. The van der Waals surface area contributed by atoms with Crippen molar-refractivity contribution in [3.8, 4) is 16.9 Å². The second-order valence-electron chi connectivity index (χ2n) is 6.50. The van der Waals surface area contributed by atoms with Gasteiger partial charge in [-0.05, 0) is 47.9 Å². The highest BCUT2D eigenvalue weighted by atomic mass is 16.3. The van der Waals surface area contributed by atoms with Crippen molar-refractivity contribution in [3.63, 3.8) is 0 Å². The average Bonchev–Trinajstić information content (AvgIpc) is 2.49. The van der Waals surface area contributed by atoms with Crippen LogP contribution in [0.1, 0.15) is 62.6 Å². The molecule has 0 spiro atoms. The molecular weight excluding hydrogens is 268 g/mol. The first-order valence-corrected chi connectivity index (χ1v) is 8.46. The van der Waals surface area contributed by atoms with E-state index in [9.17, 15) is 5.11 Å². The van der Waals surface area contributed by atoms with Crippen molar-refractivity contribution in [3.05, 3.63) is 53.1 Å².